The van der Waals surface area contributed by atoms with Gasteiger partial charge in [0.25, 0.3) is 0 Å². The minimum atomic E-state index is -0.831. The Balaban J connectivity index is 1.60. The third-order valence-corrected chi connectivity index (χ3v) is 4.94. The Kier molecular flexibility index (Phi) is 3.95. The highest BCUT2D eigenvalue weighted by atomic mass is 19.1. The van der Waals surface area contributed by atoms with Crippen molar-refractivity contribution in [3.05, 3.63) is 68.9 Å². The predicted octanol–water partition coefficient (Wildman–Crippen LogP) is 3.22. The lowest BCUT2D eigenvalue weighted by atomic mass is 10.0. The molecular weight excluding hydrogens is 339 g/mol. The quantitative estimate of drug-likeness (QED) is 0.577. The summed E-state index contributed by atoms with van der Waals surface area (Å²) < 4.78 is 15.6. The largest absolute Gasteiger partial charge is 0.366 e. The van der Waals surface area contributed by atoms with Gasteiger partial charge in [-0.3, -0.25) is 14.7 Å². The molecule has 4 rings (SSSR count). The van der Waals surface area contributed by atoms with E-state index >= 15 is 0 Å². The molecule has 0 amide bonds. The van der Waals surface area contributed by atoms with E-state index in [-0.39, 0.29) is 11.7 Å². The van der Waals surface area contributed by atoms with Gasteiger partial charge in [-0.05, 0) is 37.1 Å². The summed E-state index contributed by atoms with van der Waals surface area (Å²) in [5.41, 5.74) is 1.30. The van der Waals surface area contributed by atoms with E-state index in [9.17, 15) is 19.3 Å². The minimum absolute atomic E-state index is 0.00233. The maximum absolute atomic E-state index is 13.9. The third kappa shape index (κ3) is 2.63. The van der Waals surface area contributed by atoms with Crippen molar-refractivity contribution in [2.24, 2.45) is 0 Å². The van der Waals surface area contributed by atoms with Gasteiger partial charge in [-0.2, -0.15) is 4.39 Å². The molecule has 1 aromatic heterocycles. The summed E-state index contributed by atoms with van der Waals surface area (Å²) in [6.07, 6.45) is 1.30. The second-order valence-corrected chi connectivity index (χ2v) is 6.40. The number of nitrogens with zero attached hydrogens (tertiary/aromatic N) is 3. The van der Waals surface area contributed by atoms with Crippen LogP contribution in [0.4, 0.5) is 15.8 Å². The monoisotopic (exact) mass is 356 g/mol. The molecule has 26 heavy (non-hydrogen) atoms. The van der Waals surface area contributed by atoms with Crippen LogP contribution in [0.15, 0.2) is 47.3 Å². The summed E-state index contributed by atoms with van der Waals surface area (Å²) in [5, 5.41) is 11.2. The number of hydrogen-bond donors (Lipinski definition) is 1. The molecule has 134 valence electrons. The summed E-state index contributed by atoms with van der Waals surface area (Å²) in [4.78, 5) is 27.5. The van der Waals surface area contributed by atoms with Crippen molar-refractivity contribution in [1.82, 2.24) is 9.55 Å². The molecule has 1 saturated heterocycles. The number of para-hydroxylation sites is 3. The fraction of sp³-hybridized carbons (Fsp3) is 0.278. The molecule has 8 heteroatoms. The van der Waals surface area contributed by atoms with Crippen molar-refractivity contribution in [2.45, 2.75) is 18.9 Å². The first-order chi connectivity index (χ1) is 12.6. The SMILES string of the molecule is O=c1[nH]c2ccccc2n1C1CCN(c2cccc(F)c2[N+](=O)[O-])CC1. The lowest BCUT2D eigenvalue weighted by Crippen LogP contribution is -2.37. The smallest absolute Gasteiger partial charge is 0.327 e. The lowest BCUT2D eigenvalue weighted by Gasteiger charge is -2.33. The van der Waals surface area contributed by atoms with Crippen molar-refractivity contribution in [2.75, 3.05) is 18.0 Å². The van der Waals surface area contributed by atoms with Gasteiger partial charge in [0.2, 0.25) is 5.82 Å². The van der Waals surface area contributed by atoms with Crippen molar-refractivity contribution in [3.8, 4) is 0 Å². The first kappa shape index (κ1) is 16.3. The van der Waals surface area contributed by atoms with Gasteiger partial charge in [-0.25, -0.2) is 4.79 Å². The van der Waals surface area contributed by atoms with Crippen molar-refractivity contribution < 1.29 is 9.31 Å². The summed E-state index contributed by atoms with van der Waals surface area (Å²) >= 11 is 0. The summed E-state index contributed by atoms with van der Waals surface area (Å²) in [7, 11) is 0. The van der Waals surface area contributed by atoms with E-state index in [0.29, 0.717) is 31.6 Å². The van der Waals surface area contributed by atoms with Crippen LogP contribution in [-0.4, -0.2) is 27.6 Å². The van der Waals surface area contributed by atoms with Crippen LogP contribution >= 0.6 is 0 Å². The predicted molar refractivity (Wildman–Crippen MR) is 96.1 cm³/mol. The molecule has 0 saturated carbocycles. The average Bonchev–Trinajstić information content (AvgIpc) is 2.97. The minimum Gasteiger partial charge on any atom is -0.366 e. The van der Waals surface area contributed by atoms with Gasteiger partial charge in [-0.15, -0.1) is 0 Å². The molecule has 0 unspecified atom stereocenters. The molecule has 0 radical (unpaired) electrons. The van der Waals surface area contributed by atoms with E-state index in [4.69, 9.17) is 0 Å². The zero-order valence-electron chi connectivity index (χ0n) is 13.9. The number of imidazole rings is 1. The Hall–Kier alpha value is -3.16. The highest BCUT2D eigenvalue weighted by Gasteiger charge is 2.29. The van der Waals surface area contributed by atoms with Crippen LogP contribution in [-0.2, 0) is 0 Å². The molecular formula is C18H17FN4O3. The number of rotatable bonds is 3. The van der Waals surface area contributed by atoms with Gasteiger partial charge >= 0.3 is 11.4 Å². The molecule has 0 spiro atoms. The number of nitro benzene ring substituents is 1. The Morgan fingerprint density at radius 3 is 2.58 bits per heavy atom. The fourth-order valence-corrected chi connectivity index (χ4v) is 3.74. The summed E-state index contributed by atoms with van der Waals surface area (Å²) in [5.74, 6) is -0.831. The molecule has 2 aromatic carbocycles. The Bertz CT molecular complexity index is 1030. The zero-order valence-corrected chi connectivity index (χ0v) is 13.9. The standard InChI is InChI=1S/C18H17FN4O3/c19-13-4-3-7-16(17(13)23(25)26)21-10-8-12(9-11-21)22-15-6-2-1-5-14(15)20-18(22)24/h1-7,12H,8-11H2,(H,20,24). The first-order valence-corrected chi connectivity index (χ1v) is 8.43. The number of H-pyrrole nitrogens is 1. The van der Waals surface area contributed by atoms with Crippen LogP contribution in [0, 0.1) is 15.9 Å². The Labute approximate surface area is 147 Å². The maximum atomic E-state index is 13.9. The number of piperidine rings is 1. The molecule has 0 atom stereocenters. The van der Waals surface area contributed by atoms with E-state index in [2.05, 4.69) is 4.98 Å². The number of aromatic amines is 1. The number of benzene rings is 2. The second kappa shape index (κ2) is 6.29. The molecule has 1 fully saturated rings. The molecule has 1 aliphatic rings. The highest BCUT2D eigenvalue weighted by molar-refractivity contribution is 5.75. The molecule has 0 bridgehead atoms. The number of nitrogens with one attached hydrogen (secondary N) is 1. The molecule has 1 N–H and O–H groups in total. The van der Waals surface area contributed by atoms with Gasteiger partial charge < -0.3 is 9.88 Å². The number of halogens is 1. The number of aromatic nitrogens is 2. The highest BCUT2D eigenvalue weighted by Crippen LogP contribution is 2.34. The number of anilines is 1. The van der Waals surface area contributed by atoms with Gasteiger partial charge in [0.15, 0.2) is 0 Å². The molecule has 2 heterocycles. The van der Waals surface area contributed by atoms with E-state index in [0.717, 1.165) is 17.1 Å². The normalized spacial score (nSPS) is 15.5. The molecule has 3 aromatic rings. The van der Waals surface area contributed by atoms with Crippen molar-refractivity contribution >= 4 is 22.4 Å². The summed E-state index contributed by atoms with van der Waals surface area (Å²) in [6, 6.07) is 11.7. The second-order valence-electron chi connectivity index (χ2n) is 6.40. The first-order valence-electron chi connectivity index (χ1n) is 8.43. The maximum Gasteiger partial charge on any atom is 0.327 e. The number of fused-ring (bicyclic) bond motifs is 1. The zero-order chi connectivity index (χ0) is 18.3. The van der Waals surface area contributed by atoms with Crippen molar-refractivity contribution in [3.63, 3.8) is 0 Å². The molecule has 1 aliphatic heterocycles. The number of nitro groups is 1. The number of hydrogen-bond acceptors (Lipinski definition) is 4. The Morgan fingerprint density at radius 1 is 1.12 bits per heavy atom. The third-order valence-electron chi connectivity index (χ3n) is 4.94. The van der Waals surface area contributed by atoms with E-state index in [1.165, 1.54) is 6.07 Å². The topological polar surface area (TPSA) is 84.2 Å². The van der Waals surface area contributed by atoms with Crippen molar-refractivity contribution in [1.29, 1.82) is 0 Å². The average molecular weight is 356 g/mol. The van der Waals surface area contributed by atoms with E-state index in [1.807, 2.05) is 29.2 Å². The van der Waals surface area contributed by atoms with E-state index in [1.54, 1.807) is 10.6 Å². The van der Waals surface area contributed by atoms with Crippen LogP contribution in [0.2, 0.25) is 0 Å². The van der Waals surface area contributed by atoms with Crippen LogP contribution in [0.25, 0.3) is 11.0 Å². The lowest BCUT2D eigenvalue weighted by molar-refractivity contribution is -0.386. The Morgan fingerprint density at radius 2 is 1.85 bits per heavy atom. The molecule has 0 aliphatic carbocycles. The van der Waals surface area contributed by atoms with Crippen LogP contribution in [0.3, 0.4) is 0 Å². The van der Waals surface area contributed by atoms with Crippen LogP contribution in [0.5, 0.6) is 0 Å². The van der Waals surface area contributed by atoms with Gasteiger partial charge in [0, 0.05) is 19.1 Å². The van der Waals surface area contributed by atoms with Gasteiger partial charge in [0.1, 0.15) is 5.69 Å². The summed E-state index contributed by atoms with van der Waals surface area (Å²) in [6.45, 7) is 1.03. The van der Waals surface area contributed by atoms with Gasteiger partial charge in [-0.1, -0.05) is 18.2 Å². The van der Waals surface area contributed by atoms with Crippen LogP contribution < -0.4 is 10.6 Å². The molecule has 7 nitrogen and oxygen atoms in total. The van der Waals surface area contributed by atoms with E-state index < -0.39 is 16.4 Å². The van der Waals surface area contributed by atoms with Crippen LogP contribution in [0.1, 0.15) is 18.9 Å². The van der Waals surface area contributed by atoms with Gasteiger partial charge in [0.05, 0.1) is 16.0 Å². The fourth-order valence-electron chi connectivity index (χ4n) is 3.74.